The maximum atomic E-state index is 12.2. The minimum Gasteiger partial charge on any atom is -0.383 e. The quantitative estimate of drug-likeness (QED) is 0.637. The van der Waals surface area contributed by atoms with Gasteiger partial charge in [0.15, 0.2) is 0 Å². The molecule has 1 saturated heterocycles. The molecule has 7 nitrogen and oxygen atoms in total. The van der Waals surface area contributed by atoms with Crippen molar-refractivity contribution in [3.8, 4) is 0 Å². The second kappa shape index (κ2) is 9.06. The van der Waals surface area contributed by atoms with Crippen molar-refractivity contribution in [1.82, 2.24) is 20.5 Å². The minimum atomic E-state index is -0.788. The van der Waals surface area contributed by atoms with Gasteiger partial charge < -0.3 is 15.7 Å². The van der Waals surface area contributed by atoms with Crippen LogP contribution in [0.2, 0.25) is 0 Å². The lowest BCUT2D eigenvalue weighted by Crippen LogP contribution is -2.63. The number of rotatable bonds is 6. The molecule has 1 aromatic carbocycles. The molecule has 1 saturated carbocycles. The maximum Gasteiger partial charge on any atom is 0.251 e. The highest BCUT2D eigenvalue weighted by atomic mass is 32.1. The van der Waals surface area contributed by atoms with Crippen molar-refractivity contribution in [3.63, 3.8) is 0 Å². The summed E-state index contributed by atoms with van der Waals surface area (Å²) in [4.78, 5) is 32.3. The maximum absolute atomic E-state index is 12.2. The molecule has 2 amide bonds. The molecule has 2 aliphatic rings. The van der Waals surface area contributed by atoms with E-state index in [1.165, 1.54) is 0 Å². The van der Waals surface area contributed by atoms with Gasteiger partial charge in [-0.1, -0.05) is 17.7 Å². The normalized spacial score (nSPS) is 24.4. The number of aliphatic hydroxyl groups is 1. The van der Waals surface area contributed by atoms with E-state index in [1.54, 1.807) is 23.5 Å². The third-order valence-corrected chi connectivity index (χ3v) is 7.39. The van der Waals surface area contributed by atoms with E-state index in [4.69, 9.17) is 0 Å². The second-order valence-corrected chi connectivity index (χ2v) is 10.0. The van der Waals surface area contributed by atoms with Crippen LogP contribution in [-0.2, 0) is 10.4 Å². The number of hydrogen-bond acceptors (Lipinski definition) is 6. The number of carbonyl (C=O) groups is 2. The van der Waals surface area contributed by atoms with Crippen molar-refractivity contribution < 1.29 is 14.7 Å². The van der Waals surface area contributed by atoms with Crippen LogP contribution in [0.15, 0.2) is 30.5 Å². The molecule has 0 atom stereocenters. The first-order valence-corrected chi connectivity index (χ1v) is 11.7. The molecule has 166 valence electrons. The highest BCUT2D eigenvalue weighted by Gasteiger charge is 2.41. The van der Waals surface area contributed by atoms with Crippen molar-refractivity contribution in [2.24, 2.45) is 0 Å². The van der Waals surface area contributed by atoms with Crippen LogP contribution in [0.1, 0.15) is 51.5 Å². The summed E-state index contributed by atoms with van der Waals surface area (Å²) in [5.41, 5.74) is 0.783. The van der Waals surface area contributed by atoms with Gasteiger partial charge in [-0.15, -0.1) is 11.3 Å². The monoisotopic (exact) mass is 442 g/mol. The lowest BCUT2D eigenvalue weighted by molar-refractivity contribution is -0.122. The van der Waals surface area contributed by atoms with Crippen molar-refractivity contribution in [3.05, 3.63) is 51.5 Å². The lowest BCUT2D eigenvalue weighted by Gasteiger charge is -2.47. The molecule has 8 heteroatoms. The minimum absolute atomic E-state index is 0.0209. The van der Waals surface area contributed by atoms with E-state index in [1.807, 2.05) is 32.2 Å². The van der Waals surface area contributed by atoms with Crippen LogP contribution in [0, 0.1) is 13.8 Å². The van der Waals surface area contributed by atoms with Gasteiger partial charge in [-0.25, -0.2) is 4.98 Å². The SMILES string of the molecule is Cc1cccc(C(=O)NCC(=O)NC2CN([C@H]3CC[C@@](O)(c4ncc(C)s4)CC3)C2)c1. The van der Waals surface area contributed by atoms with E-state index < -0.39 is 5.60 Å². The average molecular weight is 443 g/mol. The van der Waals surface area contributed by atoms with Gasteiger partial charge in [-0.05, 0) is 51.7 Å². The Kier molecular flexibility index (Phi) is 6.41. The summed E-state index contributed by atoms with van der Waals surface area (Å²) in [6.45, 7) is 5.55. The Balaban J connectivity index is 1.16. The highest BCUT2D eigenvalue weighted by molar-refractivity contribution is 7.11. The zero-order valence-corrected chi connectivity index (χ0v) is 18.9. The largest absolute Gasteiger partial charge is 0.383 e. The fraction of sp³-hybridized carbons (Fsp3) is 0.522. The molecule has 2 heterocycles. The zero-order chi connectivity index (χ0) is 22.0. The van der Waals surface area contributed by atoms with Crippen LogP contribution in [0.3, 0.4) is 0 Å². The third kappa shape index (κ3) is 5.14. The summed E-state index contributed by atoms with van der Waals surface area (Å²) in [5, 5.41) is 17.5. The fourth-order valence-electron chi connectivity index (χ4n) is 4.46. The Labute approximate surface area is 186 Å². The highest BCUT2D eigenvalue weighted by Crippen LogP contribution is 2.40. The van der Waals surface area contributed by atoms with Gasteiger partial charge >= 0.3 is 0 Å². The summed E-state index contributed by atoms with van der Waals surface area (Å²) in [6, 6.07) is 7.86. The van der Waals surface area contributed by atoms with Gasteiger partial charge in [-0.3, -0.25) is 14.5 Å². The van der Waals surface area contributed by atoms with E-state index >= 15 is 0 Å². The molecule has 3 N–H and O–H groups in total. The number of nitrogens with one attached hydrogen (secondary N) is 2. The van der Waals surface area contributed by atoms with Gasteiger partial charge in [-0.2, -0.15) is 0 Å². The van der Waals surface area contributed by atoms with E-state index in [9.17, 15) is 14.7 Å². The molecule has 0 radical (unpaired) electrons. The number of aryl methyl sites for hydroxylation is 2. The number of hydrogen-bond donors (Lipinski definition) is 3. The number of nitrogens with zero attached hydrogens (tertiary/aromatic N) is 2. The Bertz CT molecular complexity index is 946. The Morgan fingerprint density at radius 2 is 2.00 bits per heavy atom. The number of carbonyl (C=O) groups excluding carboxylic acids is 2. The third-order valence-electron chi connectivity index (χ3n) is 6.28. The van der Waals surface area contributed by atoms with E-state index in [2.05, 4.69) is 20.5 Å². The summed E-state index contributed by atoms with van der Waals surface area (Å²) < 4.78 is 0. The lowest BCUT2D eigenvalue weighted by atomic mass is 9.81. The number of likely N-dealkylation sites (tertiary alicyclic amines) is 1. The van der Waals surface area contributed by atoms with Gasteiger partial charge in [0.1, 0.15) is 10.6 Å². The summed E-state index contributed by atoms with van der Waals surface area (Å²) in [6.07, 6.45) is 5.15. The Morgan fingerprint density at radius 3 is 2.65 bits per heavy atom. The molecular weight excluding hydrogens is 412 g/mol. The molecule has 4 rings (SSSR count). The predicted octanol–water partition coefficient (Wildman–Crippen LogP) is 2.12. The van der Waals surface area contributed by atoms with Crippen molar-refractivity contribution in [1.29, 1.82) is 0 Å². The summed E-state index contributed by atoms with van der Waals surface area (Å²) >= 11 is 1.58. The van der Waals surface area contributed by atoms with Crippen molar-refractivity contribution in [2.45, 2.75) is 57.2 Å². The van der Waals surface area contributed by atoms with E-state index in [-0.39, 0.29) is 24.4 Å². The van der Waals surface area contributed by atoms with Crippen molar-refractivity contribution >= 4 is 23.2 Å². The second-order valence-electron chi connectivity index (χ2n) is 8.81. The van der Waals surface area contributed by atoms with Crippen LogP contribution >= 0.6 is 11.3 Å². The first kappa shape index (κ1) is 21.9. The molecule has 0 unspecified atom stereocenters. The zero-order valence-electron chi connectivity index (χ0n) is 18.1. The average Bonchev–Trinajstić information content (AvgIpc) is 3.17. The summed E-state index contributed by atoms with van der Waals surface area (Å²) in [5.74, 6) is -0.401. The molecule has 1 aromatic heterocycles. The molecule has 2 aromatic rings. The Hall–Kier alpha value is -2.29. The first-order chi connectivity index (χ1) is 14.8. The molecule has 1 aliphatic carbocycles. The van der Waals surface area contributed by atoms with Gasteiger partial charge in [0.25, 0.3) is 5.91 Å². The molecule has 1 aliphatic heterocycles. The smallest absolute Gasteiger partial charge is 0.251 e. The van der Waals surface area contributed by atoms with Crippen molar-refractivity contribution in [2.75, 3.05) is 19.6 Å². The molecule has 0 spiro atoms. The molecule has 2 fully saturated rings. The molecule has 0 bridgehead atoms. The fourth-order valence-corrected chi connectivity index (χ4v) is 5.37. The number of amides is 2. The van der Waals surface area contributed by atoms with E-state index in [0.29, 0.717) is 11.6 Å². The van der Waals surface area contributed by atoms with Crippen LogP contribution < -0.4 is 10.6 Å². The Morgan fingerprint density at radius 1 is 1.26 bits per heavy atom. The molecule has 31 heavy (non-hydrogen) atoms. The van der Waals surface area contributed by atoms with E-state index in [0.717, 1.165) is 54.2 Å². The predicted molar refractivity (Wildman–Crippen MR) is 120 cm³/mol. The number of benzene rings is 1. The van der Waals surface area contributed by atoms with Gasteiger partial charge in [0.05, 0.1) is 12.6 Å². The number of thiazole rings is 1. The molecular formula is C23H30N4O3S. The summed E-state index contributed by atoms with van der Waals surface area (Å²) in [7, 11) is 0. The van der Waals surface area contributed by atoms with Crippen LogP contribution in [0.5, 0.6) is 0 Å². The van der Waals surface area contributed by atoms with Gasteiger partial charge in [0, 0.05) is 35.8 Å². The van der Waals surface area contributed by atoms with Gasteiger partial charge in [0.2, 0.25) is 5.91 Å². The van der Waals surface area contributed by atoms with Crippen LogP contribution in [0.25, 0.3) is 0 Å². The first-order valence-electron chi connectivity index (χ1n) is 10.9. The standard InChI is InChI=1S/C23H30N4O3S/c1-15-4-3-5-17(10-15)21(29)24-12-20(28)26-18-13-27(14-18)19-6-8-23(30,9-7-19)22-25-11-16(2)31-22/h3-5,10-11,18-19,30H,6-9,12-14H2,1-2H3,(H,24,29)(H,26,28)/t19-,23-. The van der Waals surface area contributed by atoms with Crippen LogP contribution in [0.4, 0.5) is 0 Å². The topological polar surface area (TPSA) is 94.6 Å². The van der Waals surface area contributed by atoms with Crippen LogP contribution in [-0.4, -0.2) is 58.5 Å². The number of aromatic nitrogens is 1.